The average Bonchev–Trinajstić information content (AvgIpc) is 3.36. The fraction of sp³-hybridized carbons (Fsp3) is 0.250. The summed E-state index contributed by atoms with van der Waals surface area (Å²) >= 11 is 1.64. The van der Waals surface area contributed by atoms with Gasteiger partial charge in [-0.15, -0.1) is 21.5 Å². The second-order valence-corrected chi connectivity index (χ2v) is 7.63. The van der Waals surface area contributed by atoms with Crippen LogP contribution in [0.4, 0.5) is 9.52 Å². The predicted octanol–water partition coefficient (Wildman–Crippen LogP) is 4.38. The second-order valence-electron chi connectivity index (χ2n) is 6.79. The first kappa shape index (κ1) is 16.4. The van der Waals surface area contributed by atoms with Gasteiger partial charge in [-0.05, 0) is 49.2 Å². The van der Waals surface area contributed by atoms with Crippen LogP contribution in [0.3, 0.4) is 0 Å². The summed E-state index contributed by atoms with van der Waals surface area (Å²) in [6.07, 6.45) is 4.22. The molecule has 0 aliphatic carbocycles. The highest BCUT2D eigenvalue weighted by atomic mass is 32.1. The summed E-state index contributed by atoms with van der Waals surface area (Å²) in [5.74, 6) is 1.12. The summed E-state index contributed by atoms with van der Waals surface area (Å²) in [5, 5.41) is 11.8. The number of nitrogens with zero attached hydrogens (tertiary/aromatic N) is 5. The summed E-state index contributed by atoms with van der Waals surface area (Å²) in [6.45, 7) is 1.87. The molecule has 0 saturated carbocycles. The lowest BCUT2D eigenvalue weighted by atomic mass is 9.97. The summed E-state index contributed by atoms with van der Waals surface area (Å²) in [4.78, 5) is 7.12. The number of pyridine rings is 1. The first-order chi connectivity index (χ1) is 13.3. The van der Waals surface area contributed by atoms with Gasteiger partial charge in [0, 0.05) is 36.1 Å². The first-order valence-corrected chi connectivity index (χ1v) is 9.92. The van der Waals surface area contributed by atoms with Crippen molar-refractivity contribution in [1.29, 1.82) is 0 Å². The molecule has 7 heteroatoms. The van der Waals surface area contributed by atoms with Gasteiger partial charge in [0.05, 0.1) is 5.69 Å². The molecule has 1 aromatic carbocycles. The van der Waals surface area contributed by atoms with Crippen molar-refractivity contribution < 1.29 is 4.39 Å². The highest BCUT2D eigenvalue weighted by Crippen LogP contribution is 2.33. The number of halogens is 1. The van der Waals surface area contributed by atoms with Crippen molar-refractivity contribution in [1.82, 2.24) is 19.6 Å². The molecule has 1 aliphatic heterocycles. The zero-order chi connectivity index (χ0) is 18.2. The van der Waals surface area contributed by atoms with E-state index in [4.69, 9.17) is 4.98 Å². The zero-order valence-electron chi connectivity index (χ0n) is 14.6. The summed E-state index contributed by atoms with van der Waals surface area (Å²) in [7, 11) is 0. The van der Waals surface area contributed by atoms with Gasteiger partial charge in [-0.3, -0.25) is 4.40 Å². The quantitative estimate of drug-likeness (QED) is 0.530. The van der Waals surface area contributed by atoms with E-state index in [2.05, 4.69) is 19.5 Å². The minimum atomic E-state index is -0.228. The maximum atomic E-state index is 13.1. The first-order valence-electron chi connectivity index (χ1n) is 9.04. The van der Waals surface area contributed by atoms with Gasteiger partial charge in [0.15, 0.2) is 10.8 Å². The predicted molar refractivity (Wildman–Crippen MR) is 105 cm³/mol. The van der Waals surface area contributed by atoms with E-state index in [1.54, 1.807) is 23.5 Å². The zero-order valence-corrected chi connectivity index (χ0v) is 15.4. The molecule has 1 saturated heterocycles. The number of thiazole rings is 1. The van der Waals surface area contributed by atoms with Crippen LogP contribution >= 0.6 is 11.3 Å². The topological polar surface area (TPSA) is 46.3 Å². The lowest BCUT2D eigenvalue weighted by molar-refractivity contribution is 0.488. The van der Waals surface area contributed by atoms with E-state index in [9.17, 15) is 4.39 Å². The lowest BCUT2D eigenvalue weighted by Crippen LogP contribution is -2.35. The Morgan fingerprint density at radius 2 is 1.96 bits per heavy atom. The van der Waals surface area contributed by atoms with E-state index < -0.39 is 0 Å². The molecular formula is C20H18FN5S. The van der Waals surface area contributed by atoms with Crippen LogP contribution in [0.25, 0.3) is 16.9 Å². The molecule has 5 rings (SSSR count). The van der Waals surface area contributed by atoms with E-state index >= 15 is 0 Å². The number of benzene rings is 1. The Bertz CT molecular complexity index is 1070. The number of hydrogen-bond acceptors (Lipinski definition) is 5. The van der Waals surface area contributed by atoms with E-state index in [0.29, 0.717) is 5.92 Å². The molecular weight excluding hydrogens is 361 g/mol. The molecule has 0 N–H and O–H groups in total. The molecule has 4 aromatic rings. The third-order valence-electron chi connectivity index (χ3n) is 5.03. The SMILES string of the molecule is Fc1ccc(-c2csc(N3CCCC(c4nnc5ccccn45)C3)n2)cc1. The highest BCUT2D eigenvalue weighted by molar-refractivity contribution is 7.14. The fourth-order valence-corrected chi connectivity index (χ4v) is 4.53. The molecule has 136 valence electrons. The molecule has 1 fully saturated rings. The Labute approximate surface area is 160 Å². The van der Waals surface area contributed by atoms with Crippen LogP contribution in [-0.2, 0) is 0 Å². The number of rotatable bonds is 3. The normalized spacial score (nSPS) is 17.5. The van der Waals surface area contributed by atoms with E-state index in [1.807, 2.05) is 29.8 Å². The minimum Gasteiger partial charge on any atom is -0.347 e. The van der Waals surface area contributed by atoms with Crippen LogP contribution in [0.15, 0.2) is 54.0 Å². The standard InChI is InChI=1S/C20H18FN5S/c21-16-8-6-14(7-9-16)17-13-27-20(22-17)25-10-3-4-15(12-25)19-24-23-18-5-1-2-11-26(18)19/h1-2,5-9,11,13,15H,3-4,10,12H2. The fourth-order valence-electron chi connectivity index (χ4n) is 3.66. The molecule has 0 radical (unpaired) electrons. The highest BCUT2D eigenvalue weighted by Gasteiger charge is 2.26. The van der Waals surface area contributed by atoms with Crippen molar-refractivity contribution in [3.8, 4) is 11.3 Å². The molecule has 1 unspecified atom stereocenters. The average molecular weight is 379 g/mol. The Morgan fingerprint density at radius 1 is 1.07 bits per heavy atom. The maximum Gasteiger partial charge on any atom is 0.185 e. The van der Waals surface area contributed by atoms with Crippen molar-refractivity contribution >= 4 is 22.1 Å². The molecule has 3 aromatic heterocycles. The van der Waals surface area contributed by atoms with Gasteiger partial charge in [-0.25, -0.2) is 9.37 Å². The number of piperidine rings is 1. The summed E-state index contributed by atoms with van der Waals surface area (Å²) < 4.78 is 15.2. The third-order valence-corrected chi connectivity index (χ3v) is 5.93. The summed E-state index contributed by atoms with van der Waals surface area (Å²) in [5.41, 5.74) is 2.72. The second kappa shape index (κ2) is 6.74. The van der Waals surface area contributed by atoms with Gasteiger partial charge in [0.2, 0.25) is 0 Å². The molecule has 4 heterocycles. The van der Waals surface area contributed by atoms with E-state index in [0.717, 1.165) is 53.8 Å². The molecule has 1 atom stereocenters. The molecule has 0 amide bonds. The van der Waals surface area contributed by atoms with E-state index in [1.165, 1.54) is 12.1 Å². The van der Waals surface area contributed by atoms with Crippen LogP contribution < -0.4 is 4.90 Å². The van der Waals surface area contributed by atoms with Crippen molar-refractivity contribution in [2.75, 3.05) is 18.0 Å². The largest absolute Gasteiger partial charge is 0.347 e. The minimum absolute atomic E-state index is 0.228. The number of fused-ring (bicyclic) bond motifs is 1. The van der Waals surface area contributed by atoms with Crippen LogP contribution in [-0.4, -0.2) is 32.7 Å². The smallest absolute Gasteiger partial charge is 0.185 e. The van der Waals surface area contributed by atoms with Gasteiger partial charge in [0.25, 0.3) is 0 Å². The maximum absolute atomic E-state index is 13.1. The van der Waals surface area contributed by atoms with Gasteiger partial charge in [-0.1, -0.05) is 6.07 Å². The van der Waals surface area contributed by atoms with Crippen molar-refractivity contribution in [2.45, 2.75) is 18.8 Å². The van der Waals surface area contributed by atoms with Gasteiger partial charge >= 0.3 is 0 Å². The van der Waals surface area contributed by atoms with Crippen LogP contribution in [0.2, 0.25) is 0 Å². The third kappa shape index (κ3) is 3.08. The van der Waals surface area contributed by atoms with Crippen LogP contribution in [0.5, 0.6) is 0 Å². The molecule has 27 heavy (non-hydrogen) atoms. The Hall–Kier alpha value is -2.80. The van der Waals surface area contributed by atoms with Gasteiger partial charge in [-0.2, -0.15) is 0 Å². The van der Waals surface area contributed by atoms with Gasteiger partial charge in [0.1, 0.15) is 11.6 Å². The monoisotopic (exact) mass is 379 g/mol. The van der Waals surface area contributed by atoms with Crippen LogP contribution in [0, 0.1) is 5.82 Å². The number of hydrogen-bond donors (Lipinski definition) is 0. The summed E-state index contributed by atoms with van der Waals surface area (Å²) in [6, 6.07) is 12.5. The lowest BCUT2D eigenvalue weighted by Gasteiger charge is -2.31. The van der Waals surface area contributed by atoms with Crippen molar-refractivity contribution in [3.63, 3.8) is 0 Å². The number of anilines is 1. The van der Waals surface area contributed by atoms with Crippen molar-refractivity contribution in [3.05, 3.63) is 65.7 Å². The molecule has 5 nitrogen and oxygen atoms in total. The molecule has 0 bridgehead atoms. The molecule has 0 spiro atoms. The Kier molecular flexibility index (Phi) is 4.09. The molecule has 1 aliphatic rings. The van der Waals surface area contributed by atoms with Gasteiger partial charge < -0.3 is 4.90 Å². The van der Waals surface area contributed by atoms with Crippen LogP contribution in [0.1, 0.15) is 24.6 Å². The van der Waals surface area contributed by atoms with E-state index in [-0.39, 0.29) is 5.82 Å². The Balaban J connectivity index is 1.39. The number of aromatic nitrogens is 4. The Morgan fingerprint density at radius 3 is 2.85 bits per heavy atom. The van der Waals surface area contributed by atoms with Crippen molar-refractivity contribution in [2.24, 2.45) is 0 Å².